The number of halogens is 3. The summed E-state index contributed by atoms with van der Waals surface area (Å²) in [6.07, 6.45) is -4.20. The number of benzene rings is 1. The standard InChI is InChI=1S/C10H13F3O3Si/c11-10(12,13)8-3-1-7(2-4-8)5-6-9(14,15)16-17/h1-4,14-15H,5-6H2,17H3. The largest absolute Gasteiger partial charge is 0.416 e. The molecule has 17 heavy (non-hydrogen) atoms. The highest BCUT2D eigenvalue weighted by Crippen LogP contribution is 2.29. The molecule has 1 aromatic rings. The monoisotopic (exact) mass is 266 g/mol. The lowest BCUT2D eigenvalue weighted by atomic mass is 10.1. The van der Waals surface area contributed by atoms with Crippen molar-refractivity contribution < 1.29 is 27.8 Å². The number of hydrogen-bond acceptors (Lipinski definition) is 3. The first-order valence-electron chi connectivity index (χ1n) is 4.91. The van der Waals surface area contributed by atoms with Crippen LogP contribution in [0.25, 0.3) is 0 Å². The van der Waals surface area contributed by atoms with E-state index >= 15 is 0 Å². The fourth-order valence-electron chi connectivity index (χ4n) is 1.27. The maximum Gasteiger partial charge on any atom is 0.416 e. The lowest BCUT2D eigenvalue weighted by molar-refractivity contribution is -0.294. The summed E-state index contributed by atoms with van der Waals surface area (Å²) >= 11 is 0. The van der Waals surface area contributed by atoms with Crippen LogP contribution >= 0.6 is 0 Å². The maximum absolute atomic E-state index is 12.3. The Hall–Kier alpha value is -0.893. The summed E-state index contributed by atoms with van der Waals surface area (Å²) in [5.41, 5.74) is -0.135. The fourth-order valence-corrected chi connectivity index (χ4v) is 1.47. The topological polar surface area (TPSA) is 49.7 Å². The third-order valence-corrected chi connectivity index (χ3v) is 3.00. The second kappa shape index (κ2) is 5.17. The second-order valence-electron chi connectivity index (χ2n) is 3.64. The Balaban J connectivity index is 2.64. The molecule has 0 aromatic heterocycles. The van der Waals surface area contributed by atoms with E-state index in [1.54, 1.807) is 0 Å². The van der Waals surface area contributed by atoms with Crippen LogP contribution in [-0.2, 0) is 17.0 Å². The third-order valence-electron chi connectivity index (χ3n) is 2.35. The molecule has 0 fully saturated rings. The van der Waals surface area contributed by atoms with E-state index in [4.69, 9.17) is 10.2 Å². The van der Waals surface area contributed by atoms with Gasteiger partial charge in [0.15, 0.2) is 10.5 Å². The zero-order valence-corrected chi connectivity index (χ0v) is 11.2. The molecule has 0 amide bonds. The molecule has 1 rings (SSSR count). The van der Waals surface area contributed by atoms with E-state index in [0.29, 0.717) is 5.56 Å². The first kappa shape index (κ1) is 14.2. The summed E-state index contributed by atoms with van der Waals surface area (Å²) in [7, 11) is 0.167. The molecule has 0 spiro atoms. The van der Waals surface area contributed by atoms with Gasteiger partial charge in [0.2, 0.25) is 0 Å². The molecule has 0 bridgehead atoms. The summed E-state index contributed by atoms with van der Waals surface area (Å²) in [5.74, 6) is -2.19. The number of rotatable bonds is 4. The van der Waals surface area contributed by atoms with Gasteiger partial charge in [0.25, 0.3) is 5.97 Å². The van der Waals surface area contributed by atoms with Gasteiger partial charge in [0.05, 0.1) is 5.56 Å². The van der Waals surface area contributed by atoms with Gasteiger partial charge in [-0.15, -0.1) is 0 Å². The molecule has 0 saturated heterocycles. The van der Waals surface area contributed by atoms with Gasteiger partial charge >= 0.3 is 6.18 Å². The summed E-state index contributed by atoms with van der Waals surface area (Å²) in [4.78, 5) is 0. The van der Waals surface area contributed by atoms with Gasteiger partial charge in [-0.25, -0.2) is 0 Å². The van der Waals surface area contributed by atoms with E-state index in [1.165, 1.54) is 12.1 Å². The van der Waals surface area contributed by atoms with Crippen molar-refractivity contribution in [2.24, 2.45) is 0 Å². The van der Waals surface area contributed by atoms with Crippen molar-refractivity contribution in [3.8, 4) is 0 Å². The van der Waals surface area contributed by atoms with Crippen LogP contribution in [0.15, 0.2) is 24.3 Å². The van der Waals surface area contributed by atoms with Crippen molar-refractivity contribution in [3.05, 3.63) is 35.4 Å². The Bertz CT molecular complexity index is 362. The van der Waals surface area contributed by atoms with E-state index in [9.17, 15) is 13.2 Å². The molecule has 1 aromatic carbocycles. The van der Waals surface area contributed by atoms with Crippen LogP contribution in [0, 0.1) is 0 Å². The molecule has 0 heterocycles. The van der Waals surface area contributed by atoms with Crippen molar-refractivity contribution >= 4 is 10.5 Å². The normalized spacial score (nSPS) is 13.0. The van der Waals surface area contributed by atoms with E-state index < -0.39 is 17.7 Å². The highest BCUT2D eigenvalue weighted by molar-refractivity contribution is 5.98. The van der Waals surface area contributed by atoms with Gasteiger partial charge in [0.1, 0.15) is 0 Å². The molecule has 2 N–H and O–H groups in total. The van der Waals surface area contributed by atoms with Crippen molar-refractivity contribution in [2.45, 2.75) is 25.0 Å². The van der Waals surface area contributed by atoms with E-state index in [-0.39, 0.29) is 23.3 Å². The first-order valence-corrected chi connectivity index (χ1v) is 5.72. The van der Waals surface area contributed by atoms with Crippen LogP contribution in [0.3, 0.4) is 0 Å². The van der Waals surface area contributed by atoms with Crippen LogP contribution in [0.4, 0.5) is 13.2 Å². The van der Waals surface area contributed by atoms with Gasteiger partial charge in [-0.1, -0.05) is 12.1 Å². The van der Waals surface area contributed by atoms with Crippen molar-refractivity contribution in [1.82, 2.24) is 0 Å². The van der Waals surface area contributed by atoms with Gasteiger partial charge < -0.3 is 14.6 Å². The summed E-state index contributed by atoms with van der Waals surface area (Å²) in [6, 6.07) is 4.55. The quantitative estimate of drug-likeness (QED) is 0.619. The van der Waals surface area contributed by atoms with E-state index in [0.717, 1.165) is 12.1 Å². The number of aryl methyl sites for hydroxylation is 1. The van der Waals surface area contributed by atoms with Crippen molar-refractivity contribution in [1.29, 1.82) is 0 Å². The molecule has 0 aliphatic carbocycles. The molecule has 0 unspecified atom stereocenters. The molecule has 7 heteroatoms. The fraction of sp³-hybridized carbons (Fsp3) is 0.400. The molecular weight excluding hydrogens is 253 g/mol. The number of alkyl halides is 3. The number of aliphatic hydroxyl groups is 2. The molecule has 3 nitrogen and oxygen atoms in total. The average Bonchev–Trinajstić information content (AvgIpc) is 2.26. The lowest BCUT2D eigenvalue weighted by Gasteiger charge is -2.19. The van der Waals surface area contributed by atoms with Gasteiger partial charge in [-0.3, -0.25) is 0 Å². The zero-order chi connectivity index (χ0) is 13.1. The van der Waals surface area contributed by atoms with E-state index in [2.05, 4.69) is 4.43 Å². The predicted molar refractivity (Wildman–Crippen MR) is 58.0 cm³/mol. The molecule has 0 saturated carbocycles. The SMILES string of the molecule is OC(O)(CCc1ccc(C(F)(F)F)cc1)O[SiH3]. The summed E-state index contributed by atoms with van der Waals surface area (Å²) < 4.78 is 41.3. The van der Waals surface area contributed by atoms with Crippen molar-refractivity contribution in [2.75, 3.05) is 0 Å². The Labute approximate surface area is 99.4 Å². The summed E-state index contributed by atoms with van der Waals surface area (Å²) in [5, 5.41) is 18.3. The van der Waals surface area contributed by atoms with Crippen LogP contribution in [0.1, 0.15) is 17.5 Å². The minimum absolute atomic E-state index is 0.0815. The van der Waals surface area contributed by atoms with Gasteiger partial charge in [0, 0.05) is 6.42 Å². The van der Waals surface area contributed by atoms with Crippen molar-refractivity contribution in [3.63, 3.8) is 0 Å². The maximum atomic E-state index is 12.3. The predicted octanol–water partition coefficient (Wildman–Crippen LogP) is 0.573. The van der Waals surface area contributed by atoms with Crippen LogP contribution in [0.5, 0.6) is 0 Å². The molecule has 0 aliphatic rings. The minimum Gasteiger partial charge on any atom is -0.381 e. The zero-order valence-electron chi connectivity index (χ0n) is 9.16. The average molecular weight is 266 g/mol. The highest BCUT2D eigenvalue weighted by atomic mass is 28.2. The Morgan fingerprint density at radius 1 is 1.12 bits per heavy atom. The van der Waals surface area contributed by atoms with E-state index in [1.807, 2.05) is 0 Å². The molecule has 0 radical (unpaired) electrons. The smallest absolute Gasteiger partial charge is 0.381 e. The van der Waals surface area contributed by atoms with Gasteiger partial charge in [-0.05, 0) is 24.1 Å². The number of hydrogen-bond donors (Lipinski definition) is 2. The Morgan fingerprint density at radius 3 is 2.06 bits per heavy atom. The van der Waals surface area contributed by atoms with Gasteiger partial charge in [-0.2, -0.15) is 13.2 Å². The Morgan fingerprint density at radius 2 is 1.65 bits per heavy atom. The van der Waals surface area contributed by atoms with Crippen LogP contribution < -0.4 is 0 Å². The lowest BCUT2D eigenvalue weighted by Crippen LogP contribution is -2.31. The van der Waals surface area contributed by atoms with Crippen LogP contribution in [0.2, 0.25) is 0 Å². The molecule has 96 valence electrons. The molecule has 0 aliphatic heterocycles. The van der Waals surface area contributed by atoms with Crippen LogP contribution in [-0.4, -0.2) is 26.7 Å². The highest BCUT2D eigenvalue weighted by Gasteiger charge is 2.30. The third kappa shape index (κ3) is 4.47. The minimum atomic E-state index is -4.35. The summed E-state index contributed by atoms with van der Waals surface area (Å²) in [6.45, 7) is 0. The second-order valence-corrected chi connectivity index (χ2v) is 4.05. The Kier molecular flexibility index (Phi) is 4.31. The molecule has 0 atom stereocenters. The molecular formula is C10H13F3O3Si. The first-order chi connectivity index (χ1) is 7.74.